The van der Waals surface area contributed by atoms with Crippen molar-refractivity contribution >= 4 is 28.1 Å². The lowest BCUT2D eigenvalue weighted by atomic mass is 9.84. The Morgan fingerprint density at radius 3 is 2.74 bits per heavy atom. The number of hydrogen-bond acceptors (Lipinski definition) is 4. The van der Waals surface area contributed by atoms with Gasteiger partial charge in [0.25, 0.3) is 5.91 Å². The van der Waals surface area contributed by atoms with Gasteiger partial charge in [-0.2, -0.15) is 11.3 Å². The summed E-state index contributed by atoms with van der Waals surface area (Å²) in [4.78, 5) is 22.0. The average Bonchev–Trinajstić information content (AvgIpc) is 3.43. The van der Waals surface area contributed by atoms with E-state index in [-0.39, 0.29) is 17.8 Å². The van der Waals surface area contributed by atoms with E-state index in [0.717, 1.165) is 38.0 Å². The van der Waals surface area contributed by atoms with E-state index in [2.05, 4.69) is 34.1 Å². The van der Waals surface area contributed by atoms with Gasteiger partial charge in [0.05, 0.1) is 11.1 Å². The van der Waals surface area contributed by atoms with Crippen LogP contribution in [0.1, 0.15) is 34.3 Å². The maximum absolute atomic E-state index is 14.6. The highest BCUT2D eigenvalue weighted by Crippen LogP contribution is 2.29. The smallest absolute Gasteiger partial charge is 0.254 e. The number of halogens is 1. The third kappa shape index (κ3) is 5.44. The van der Waals surface area contributed by atoms with Crippen LogP contribution in [0.3, 0.4) is 0 Å². The minimum absolute atomic E-state index is 0.0137. The molecule has 1 aliphatic rings. The fraction of sp³-hybridized carbons (Fsp3) is 0.310. The van der Waals surface area contributed by atoms with Gasteiger partial charge in [-0.1, -0.05) is 30.3 Å². The predicted molar refractivity (Wildman–Crippen MR) is 140 cm³/mol. The zero-order chi connectivity index (χ0) is 24.2. The fourth-order valence-electron chi connectivity index (χ4n) is 5.23. The van der Waals surface area contributed by atoms with E-state index in [1.807, 2.05) is 53.2 Å². The molecule has 0 saturated carbocycles. The molecule has 3 heterocycles. The Balaban J connectivity index is 1.29. The Hall–Kier alpha value is -3.09. The number of fused-ring (bicyclic) bond motifs is 1. The number of piperidine rings is 1. The van der Waals surface area contributed by atoms with E-state index < -0.39 is 0 Å². The van der Waals surface area contributed by atoms with Crippen LogP contribution >= 0.6 is 11.3 Å². The summed E-state index contributed by atoms with van der Waals surface area (Å²) in [5.41, 5.74) is 3.69. The second-order valence-electron chi connectivity index (χ2n) is 9.43. The molecule has 0 radical (unpaired) electrons. The highest BCUT2D eigenvalue weighted by atomic mass is 32.1. The van der Waals surface area contributed by atoms with Gasteiger partial charge >= 0.3 is 0 Å². The van der Waals surface area contributed by atoms with Crippen LogP contribution in [0.15, 0.2) is 77.6 Å². The van der Waals surface area contributed by atoms with Crippen molar-refractivity contribution in [2.75, 3.05) is 20.1 Å². The van der Waals surface area contributed by atoms with Crippen LogP contribution in [0.5, 0.6) is 0 Å². The molecule has 0 spiro atoms. The first-order chi connectivity index (χ1) is 17.1. The van der Waals surface area contributed by atoms with Crippen molar-refractivity contribution in [2.24, 2.45) is 5.92 Å². The number of aromatic nitrogens is 1. The van der Waals surface area contributed by atoms with Gasteiger partial charge in [-0.05, 0) is 85.1 Å². The molecule has 0 N–H and O–H groups in total. The lowest BCUT2D eigenvalue weighted by Crippen LogP contribution is -2.47. The predicted octanol–water partition coefficient (Wildman–Crippen LogP) is 6.03. The third-order valence-corrected chi connectivity index (χ3v) is 7.91. The second kappa shape index (κ2) is 10.7. The van der Waals surface area contributed by atoms with Gasteiger partial charge in [-0.25, -0.2) is 4.39 Å². The summed E-state index contributed by atoms with van der Waals surface area (Å²) >= 11 is 1.52. The monoisotopic (exact) mass is 487 g/mol. The van der Waals surface area contributed by atoms with Gasteiger partial charge in [0, 0.05) is 36.6 Å². The molecule has 4 aromatic rings. The van der Waals surface area contributed by atoms with Gasteiger partial charge < -0.3 is 4.90 Å². The molecule has 6 heteroatoms. The van der Waals surface area contributed by atoms with Crippen LogP contribution < -0.4 is 0 Å². The van der Waals surface area contributed by atoms with E-state index >= 15 is 0 Å². The molecular formula is C29H30FN3OS. The van der Waals surface area contributed by atoms with Gasteiger partial charge in [-0.15, -0.1) is 0 Å². The average molecular weight is 488 g/mol. The standard InChI is InChI=1S/C29H30FN3OS/c1-32(29(34)25-12-16-35-20-25)28(18-23-5-2-3-7-26(23)30)22-10-14-33(15-11-22)19-21-8-9-27-24(17-21)6-4-13-31-27/h2-9,12-13,16-17,20,22,28H,10-11,14-15,18-19H2,1H3/t28-/m1/s1. The third-order valence-electron chi connectivity index (χ3n) is 7.22. The highest BCUT2D eigenvalue weighted by molar-refractivity contribution is 7.08. The first-order valence-corrected chi connectivity index (χ1v) is 13.1. The number of thiophene rings is 1. The van der Waals surface area contributed by atoms with Crippen LogP contribution in [0.2, 0.25) is 0 Å². The molecule has 2 aromatic carbocycles. The minimum Gasteiger partial charge on any atom is -0.338 e. The molecule has 0 unspecified atom stereocenters. The normalized spacial score (nSPS) is 15.8. The van der Waals surface area contributed by atoms with E-state index in [1.165, 1.54) is 28.4 Å². The highest BCUT2D eigenvalue weighted by Gasteiger charge is 2.32. The van der Waals surface area contributed by atoms with Crippen molar-refractivity contribution < 1.29 is 9.18 Å². The summed E-state index contributed by atoms with van der Waals surface area (Å²) in [6.45, 7) is 2.83. The Morgan fingerprint density at radius 2 is 1.97 bits per heavy atom. The topological polar surface area (TPSA) is 36.4 Å². The summed E-state index contributed by atoms with van der Waals surface area (Å²) in [6, 6.07) is 19.3. The number of carbonyl (C=O) groups excluding carboxylic acids is 1. The largest absolute Gasteiger partial charge is 0.338 e. The van der Waals surface area contributed by atoms with E-state index in [1.54, 1.807) is 6.07 Å². The van der Waals surface area contributed by atoms with Crippen LogP contribution in [0, 0.1) is 11.7 Å². The number of hydrogen-bond donors (Lipinski definition) is 0. The van der Waals surface area contributed by atoms with Gasteiger partial charge in [0.1, 0.15) is 5.82 Å². The lowest BCUT2D eigenvalue weighted by Gasteiger charge is -2.40. The van der Waals surface area contributed by atoms with E-state index in [0.29, 0.717) is 23.5 Å². The van der Waals surface area contributed by atoms with Crippen molar-refractivity contribution in [1.29, 1.82) is 0 Å². The molecule has 1 saturated heterocycles. The molecule has 0 aliphatic carbocycles. The van der Waals surface area contributed by atoms with Crippen molar-refractivity contribution in [1.82, 2.24) is 14.8 Å². The number of nitrogens with zero attached hydrogens (tertiary/aromatic N) is 3. The van der Waals surface area contributed by atoms with Crippen molar-refractivity contribution in [3.05, 3.63) is 100 Å². The summed E-state index contributed by atoms with van der Waals surface area (Å²) in [5, 5.41) is 4.98. The number of amides is 1. The van der Waals surface area contributed by atoms with E-state index in [4.69, 9.17) is 0 Å². The maximum atomic E-state index is 14.6. The molecule has 1 atom stereocenters. The molecule has 1 aliphatic heterocycles. The second-order valence-corrected chi connectivity index (χ2v) is 10.2. The number of likely N-dealkylation sites (N-methyl/N-ethyl adjacent to an activating group) is 1. The summed E-state index contributed by atoms with van der Waals surface area (Å²) in [7, 11) is 1.88. The van der Waals surface area contributed by atoms with Crippen LogP contribution in [-0.4, -0.2) is 46.9 Å². The Bertz CT molecular complexity index is 1280. The zero-order valence-corrected chi connectivity index (χ0v) is 20.8. The molecule has 35 heavy (non-hydrogen) atoms. The molecule has 180 valence electrons. The zero-order valence-electron chi connectivity index (χ0n) is 19.9. The van der Waals surface area contributed by atoms with Crippen LogP contribution in [-0.2, 0) is 13.0 Å². The lowest BCUT2D eigenvalue weighted by molar-refractivity contribution is 0.0584. The number of carbonyl (C=O) groups is 1. The summed E-state index contributed by atoms with van der Waals surface area (Å²) in [6.07, 6.45) is 4.32. The minimum atomic E-state index is -0.197. The van der Waals surface area contributed by atoms with E-state index in [9.17, 15) is 9.18 Å². The first kappa shape index (κ1) is 23.6. The number of pyridine rings is 1. The number of benzene rings is 2. The molecule has 0 bridgehead atoms. The first-order valence-electron chi connectivity index (χ1n) is 12.2. The van der Waals surface area contributed by atoms with Gasteiger partial charge in [0.2, 0.25) is 0 Å². The number of likely N-dealkylation sites (tertiary alicyclic amines) is 1. The van der Waals surface area contributed by atoms with Crippen molar-refractivity contribution in [3.8, 4) is 0 Å². The molecule has 1 fully saturated rings. The number of rotatable bonds is 7. The van der Waals surface area contributed by atoms with Gasteiger partial charge in [0.15, 0.2) is 0 Å². The quantitative estimate of drug-likeness (QED) is 0.319. The summed E-state index contributed by atoms with van der Waals surface area (Å²) < 4.78 is 14.6. The summed E-state index contributed by atoms with van der Waals surface area (Å²) in [5.74, 6) is 0.135. The molecule has 2 aromatic heterocycles. The molecule has 5 rings (SSSR count). The van der Waals surface area contributed by atoms with Crippen molar-refractivity contribution in [2.45, 2.75) is 31.8 Å². The molecule has 1 amide bonds. The van der Waals surface area contributed by atoms with Gasteiger partial charge in [-0.3, -0.25) is 14.7 Å². The Morgan fingerprint density at radius 1 is 1.14 bits per heavy atom. The molecular weight excluding hydrogens is 457 g/mol. The Kier molecular flexibility index (Phi) is 7.21. The van der Waals surface area contributed by atoms with Crippen LogP contribution in [0.25, 0.3) is 10.9 Å². The van der Waals surface area contributed by atoms with Crippen molar-refractivity contribution in [3.63, 3.8) is 0 Å². The fourth-order valence-corrected chi connectivity index (χ4v) is 5.86. The SMILES string of the molecule is CN(C(=O)c1ccsc1)[C@H](Cc1ccccc1F)C1CCN(Cc2ccc3ncccc3c2)CC1. The maximum Gasteiger partial charge on any atom is 0.254 e. The Labute approximate surface area is 210 Å². The molecule has 4 nitrogen and oxygen atoms in total. The van der Waals surface area contributed by atoms with Crippen LogP contribution in [0.4, 0.5) is 4.39 Å².